The monoisotopic (exact) mass is 462 g/mol. The molecule has 0 aromatic heterocycles. The first-order valence-electron chi connectivity index (χ1n) is 8.64. The van der Waals surface area contributed by atoms with Gasteiger partial charge in [0, 0.05) is 11.6 Å². The number of nitrogens with one attached hydrogen (secondary N) is 2. The number of halogens is 1. The number of carbonyl (C=O) groups excluding carboxylic acids is 2. The van der Waals surface area contributed by atoms with Crippen LogP contribution < -0.4 is 10.7 Å². The van der Waals surface area contributed by atoms with E-state index in [0.717, 1.165) is 5.56 Å². The summed E-state index contributed by atoms with van der Waals surface area (Å²) in [6.45, 7) is 1.90. The van der Waals surface area contributed by atoms with E-state index in [-0.39, 0.29) is 18.7 Å². The number of rotatable bonds is 8. The fraction of sp³-hybridized carbons (Fsp3) is 0.211. The Morgan fingerprint density at radius 3 is 2.66 bits per heavy atom. The van der Waals surface area contributed by atoms with Crippen LogP contribution in [-0.4, -0.2) is 29.7 Å². The first-order chi connectivity index (χ1) is 13.9. The maximum Gasteiger partial charge on any atom is 0.407 e. The quantitative estimate of drug-likeness (QED) is 0.351. The van der Waals surface area contributed by atoms with Gasteiger partial charge in [0.1, 0.15) is 0 Å². The van der Waals surface area contributed by atoms with Gasteiger partial charge in [0.25, 0.3) is 5.69 Å². The number of hydrazone groups is 1. The molecule has 0 unspecified atom stereocenters. The van der Waals surface area contributed by atoms with E-state index in [4.69, 9.17) is 4.74 Å². The SMILES string of the molecule is CCOC(=O)N[C@H](CC(=O)N/N=C\c1ccc(Br)c([N+](=O)[O-])c1)c1ccccc1. The Hall–Kier alpha value is -3.27. The number of nitrogens with zero attached hydrogens (tertiary/aromatic N) is 2. The van der Waals surface area contributed by atoms with Crippen LogP contribution in [0.5, 0.6) is 0 Å². The molecular weight excluding hydrogens is 444 g/mol. The van der Waals surface area contributed by atoms with Gasteiger partial charge in [-0.1, -0.05) is 36.4 Å². The molecule has 1 atom stereocenters. The second kappa shape index (κ2) is 10.9. The second-order valence-corrected chi connectivity index (χ2v) is 6.65. The largest absolute Gasteiger partial charge is 0.450 e. The van der Waals surface area contributed by atoms with Crippen molar-refractivity contribution in [1.82, 2.24) is 10.7 Å². The lowest BCUT2D eigenvalue weighted by atomic mass is 10.0. The number of benzene rings is 2. The van der Waals surface area contributed by atoms with Crippen molar-refractivity contribution in [3.63, 3.8) is 0 Å². The molecular formula is C19H19BrN4O5. The zero-order valence-electron chi connectivity index (χ0n) is 15.5. The Labute approximate surface area is 175 Å². The Balaban J connectivity index is 2.02. The van der Waals surface area contributed by atoms with E-state index >= 15 is 0 Å². The van der Waals surface area contributed by atoms with Crippen molar-refractivity contribution in [2.24, 2.45) is 5.10 Å². The fourth-order valence-electron chi connectivity index (χ4n) is 2.41. The minimum atomic E-state index is -0.625. The third-order valence-electron chi connectivity index (χ3n) is 3.73. The average Bonchev–Trinajstić information content (AvgIpc) is 2.69. The maximum absolute atomic E-state index is 12.3. The number of hydrogen-bond acceptors (Lipinski definition) is 6. The summed E-state index contributed by atoms with van der Waals surface area (Å²) in [6, 6.07) is 12.9. The highest BCUT2D eigenvalue weighted by molar-refractivity contribution is 9.10. The molecule has 0 heterocycles. The van der Waals surface area contributed by atoms with Gasteiger partial charge >= 0.3 is 6.09 Å². The molecule has 2 aromatic rings. The highest BCUT2D eigenvalue weighted by atomic mass is 79.9. The van der Waals surface area contributed by atoms with Crippen molar-refractivity contribution in [3.8, 4) is 0 Å². The number of nitro groups is 1. The van der Waals surface area contributed by atoms with Crippen LogP contribution in [0.4, 0.5) is 10.5 Å². The number of ether oxygens (including phenoxy) is 1. The van der Waals surface area contributed by atoms with E-state index in [1.54, 1.807) is 37.3 Å². The summed E-state index contributed by atoms with van der Waals surface area (Å²) in [4.78, 5) is 34.5. The Bertz CT molecular complexity index is 905. The fourth-order valence-corrected chi connectivity index (χ4v) is 2.80. The molecule has 9 nitrogen and oxygen atoms in total. The molecule has 2 aromatic carbocycles. The van der Waals surface area contributed by atoms with E-state index in [9.17, 15) is 19.7 Å². The van der Waals surface area contributed by atoms with Gasteiger partial charge in [-0.2, -0.15) is 5.10 Å². The van der Waals surface area contributed by atoms with Crippen LogP contribution in [0.15, 0.2) is 58.1 Å². The van der Waals surface area contributed by atoms with Crippen LogP contribution >= 0.6 is 15.9 Å². The Kier molecular flexibility index (Phi) is 8.28. The third-order valence-corrected chi connectivity index (χ3v) is 4.40. The van der Waals surface area contributed by atoms with Crippen LogP contribution in [-0.2, 0) is 9.53 Å². The highest BCUT2D eigenvalue weighted by Crippen LogP contribution is 2.25. The zero-order chi connectivity index (χ0) is 21.2. The average molecular weight is 463 g/mol. The topological polar surface area (TPSA) is 123 Å². The summed E-state index contributed by atoms with van der Waals surface area (Å²) in [5, 5.41) is 17.4. The minimum Gasteiger partial charge on any atom is -0.450 e. The summed E-state index contributed by atoms with van der Waals surface area (Å²) in [7, 11) is 0. The van der Waals surface area contributed by atoms with Gasteiger partial charge in [-0.3, -0.25) is 14.9 Å². The van der Waals surface area contributed by atoms with Crippen molar-refractivity contribution in [2.75, 3.05) is 6.61 Å². The molecule has 2 rings (SSSR count). The van der Waals surface area contributed by atoms with Crippen molar-refractivity contribution in [2.45, 2.75) is 19.4 Å². The number of alkyl carbamates (subject to hydrolysis) is 1. The molecule has 2 N–H and O–H groups in total. The first-order valence-corrected chi connectivity index (χ1v) is 9.44. The predicted octanol–water partition coefficient (Wildman–Crippen LogP) is 3.68. The molecule has 0 aliphatic heterocycles. The normalized spacial score (nSPS) is 11.7. The van der Waals surface area contributed by atoms with Crippen LogP contribution in [0.1, 0.15) is 30.5 Å². The molecule has 2 amide bonds. The molecule has 0 bridgehead atoms. The summed E-state index contributed by atoms with van der Waals surface area (Å²) in [5.41, 5.74) is 3.44. The Morgan fingerprint density at radius 2 is 2.00 bits per heavy atom. The molecule has 0 saturated heterocycles. The van der Waals surface area contributed by atoms with Crippen molar-refractivity contribution >= 4 is 39.8 Å². The predicted molar refractivity (Wildman–Crippen MR) is 110 cm³/mol. The second-order valence-electron chi connectivity index (χ2n) is 5.79. The van der Waals surface area contributed by atoms with E-state index < -0.39 is 23.0 Å². The van der Waals surface area contributed by atoms with Crippen LogP contribution in [0, 0.1) is 10.1 Å². The molecule has 0 saturated carbocycles. The molecule has 29 heavy (non-hydrogen) atoms. The third kappa shape index (κ3) is 7.00. The van der Waals surface area contributed by atoms with Crippen LogP contribution in [0.3, 0.4) is 0 Å². The van der Waals surface area contributed by atoms with Crippen LogP contribution in [0.25, 0.3) is 0 Å². The molecule has 0 radical (unpaired) electrons. The van der Waals surface area contributed by atoms with Gasteiger partial charge in [-0.25, -0.2) is 10.2 Å². The van der Waals surface area contributed by atoms with Gasteiger partial charge in [0.05, 0.1) is 34.7 Å². The summed E-state index contributed by atoms with van der Waals surface area (Å²) < 4.78 is 5.23. The summed E-state index contributed by atoms with van der Waals surface area (Å²) in [6.07, 6.45) is 0.605. The van der Waals surface area contributed by atoms with Gasteiger partial charge < -0.3 is 10.1 Å². The van der Waals surface area contributed by atoms with Gasteiger partial charge in [0.2, 0.25) is 5.91 Å². The van der Waals surface area contributed by atoms with Crippen LogP contribution in [0.2, 0.25) is 0 Å². The van der Waals surface area contributed by atoms with E-state index in [2.05, 4.69) is 31.8 Å². The summed E-state index contributed by atoms with van der Waals surface area (Å²) >= 11 is 3.10. The molecule has 0 aliphatic rings. The van der Waals surface area contributed by atoms with E-state index in [1.165, 1.54) is 18.3 Å². The molecule has 0 spiro atoms. The summed E-state index contributed by atoms with van der Waals surface area (Å²) in [5.74, 6) is -0.446. The number of amides is 2. The zero-order valence-corrected chi connectivity index (χ0v) is 17.1. The standard InChI is InChI=1S/C19H19BrN4O5/c1-2-29-19(26)22-16(14-6-4-3-5-7-14)11-18(25)23-21-12-13-8-9-15(20)17(10-13)24(27)28/h3-10,12,16H,2,11H2,1H3,(H,22,26)(H,23,25)/b21-12-/t16-/m1/s1. The van der Waals surface area contributed by atoms with Gasteiger partial charge in [-0.15, -0.1) is 0 Å². The lowest BCUT2D eigenvalue weighted by Crippen LogP contribution is -2.33. The van der Waals surface area contributed by atoms with Crippen molar-refractivity contribution < 1.29 is 19.2 Å². The molecule has 152 valence electrons. The lowest BCUT2D eigenvalue weighted by molar-refractivity contribution is -0.385. The number of nitro benzene ring substituents is 1. The van der Waals surface area contributed by atoms with Crippen molar-refractivity contribution in [3.05, 3.63) is 74.2 Å². The maximum atomic E-state index is 12.3. The van der Waals surface area contributed by atoms with E-state index in [0.29, 0.717) is 10.0 Å². The number of carbonyl (C=O) groups is 2. The molecule has 10 heteroatoms. The highest BCUT2D eigenvalue weighted by Gasteiger charge is 2.19. The van der Waals surface area contributed by atoms with Gasteiger partial charge in [0.15, 0.2) is 0 Å². The Morgan fingerprint density at radius 1 is 1.28 bits per heavy atom. The van der Waals surface area contributed by atoms with E-state index in [1.807, 2.05) is 6.07 Å². The number of hydrogen-bond donors (Lipinski definition) is 2. The smallest absolute Gasteiger partial charge is 0.407 e. The molecule has 0 aliphatic carbocycles. The van der Waals surface area contributed by atoms with Crippen molar-refractivity contribution in [1.29, 1.82) is 0 Å². The van der Waals surface area contributed by atoms with Gasteiger partial charge in [-0.05, 0) is 34.5 Å². The molecule has 0 fully saturated rings. The minimum absolute atomic E-state index is 0.0688. The lowest BCUT2D eigenvalue weighted by Gasteiger charge is -2.18. The first kappa shape index (κ1) is 22.0.